The minimum Gasteiger partial charge on any atom is -0.384 e. The molecule has 0 aromatic heterocycles. The second kappa shape index (κ2) is 5.17. The standard InChI is InChI=1S/C16H15ClN2O/c1-10-6-12(8-13(17)7-10)16(20)19-14-2-3-15-11(9-14)4-5-18-15/h2-3,6-9,18H,4-5H2,1H3,(H,19,20). The Kier molecular flexibility index (Phi) is 3.36. The van der Waals surface area contributed by atoms with Gasteiger partial charge in [0.25, 0.3) is 5.91 Å². The molecule has 0 saturated heterocycles. The van der Waals surface area contributed by atoms with Gasteiger partial charge in [-0.05, 0) is 60.9 Å². The largest absolute Gasteiger partial charge is 0.384 e. The SMILES string of the molecule is Cc1cc(Cl)cc(C(=O)Nc2ccc3c(c2)CCN3)c1. The number of halogens is 1. The van der Waals surface area contributed by atoms with Crippen LogP contribution in [0.25, 0.3) is 0 Å². The van der Waals surface area contributed by atoms with Gasteiger partial charge in [0.2, 0.25) is 0 Å². The molecule has 102 valence electrons. The summed E-state index contributed by atoms with van der Waals surface area (Å²) < 4.78 is 0. The first kappa shape index (κ1) is 13.0. The molecule has 1 amide bonds. The van der Waals surface area contributed by atoms with E-state index in [0.717, 1.165) is 29.9 Å². The molecule has 0 unspecified atom stereocenters. The van der Waals surface area contributed by atoms with Gasteiger partial charge in [-0.2, -0.15) is 0 Å². The number of hydrogen-bond donors (Lipinski definition) is 2. The summed E-state index contributed by atoms with van der Waals surface area (Å²) in [6.07, 6.45) is 0.995. The number of carbonyl (C=O) groups is 1. The molecule has 2 N–H and O–H groups in total. The van der Waals surface area contributed by atoms with Gasteiger partial charge < -0.3 is 10.6 Å². The zero-order valence-electron chi connectivity index (χ0n) is 11.2. The molecule has 3 rings (SSSR count). The van der Waals surface area contributed by atoms with Crippen molar-refractivity contribution < 1.29 is 4.79 Å². The molecule has 1 aliphatic rings. The normalized spacial score (nSPS) is 12.7. The first-order valence-electron chi connectivity index (χ1n) is 6.57. The third-order valence-corrected chi connectivity index (χ3v) is 3.60. The van der Waals surface area contributed by atoms with E-state index in [4.69, 9.17) is 11.6 Å². The monoisotopic (exact) mass is 286 g/mol. The average molecular weight is 287 g/mol. The number of aryl methyl sites for hydroxylation is 1. The fourth-order valence-electron chi connectivity index (χ4n) is 2.45. The van der Waals surface area contributed by atoms with E-state index in [1.165, 1.54) is 5.56 Å². The van der Waals surface area contributed by atoms with Crippen LogP contribution in [0, 0.1) is 6.92 Å². The van der Waals surface area contributed by atoms with Crippen molar-refractivity contribution in [2.24, 2.45) is 0 Å². The lowest BCUT2D eigenvalue weighted by Gasteiger charge is -2.08. The van der Waals surface area contributed by atoms with Crippen LogP contribution in [0.4, 0.5) is 11.4 Å². The van der Waals surface area contributed by atoms with E-state index in [2.05, 4.69) is 10.6 Å². The smallest absolute Gasteiger partial charge is 0.255 e. The van der Waals surface area contributed by atoms with Crippen LogP contribution in [0.2, 0.25) is 5.02 Å². The number of hydrogen-bond acceptors (Lipinski definition) is 2. The molecule has 2 aromatic carbocycles. The Labute approximate surface area is 123 Å². The number of fused-ring (bicyclic) bond motifs is 1. The summed E-state index contributed by atoms with van der Waals surface area (Å²) in [5, 5.41) is 6.79. The van der Waals surface area contributed by atoms with E-state index in [1.54, 1.807) is 6.07 Å². The molecule has 3 nitrogen and oxygen atoms in total. The summed E-state index contributed by atoms with van der Waals surface area (Å²) in [6, 6.07) is 11.3. The van der Waals surface area contributed by atoms with Gasteiger partial charge in [0, 0.05) is 28.5 Å². The second-order valence-electron chi connectivity index (χ2n) is 5.02. The van der Waals surface area contributed by atoms with Crippen molar-refractivity contribution >= 4 is 28.9 Å². The van der Waals surface area contributed by atoms with Gasteiger partial charge in [0.1, 0.15) is 0 Å². The van der Waals surface area contributed by atoms with Gasteiger partial charge in [-0.1, -0.05) is 11.6 Å². The molecule has 2 aromatic rings. The highest BCUT2D eigenvalue weighted by atomic mass is 35.5. The van der Waals surface area contributed by atoms with Gasteiger partial charge in [-0.25, -0.2) is 0 Å². The number of rotatable bonds is 2. The molecule has 0 bridgehead atoms. The Morgan fingerprint density at radius 1 is 1.25 bits per heavy atom. The zero-order chi connectivity index (χ0) is 14.1. The van der Waals surface area contributed by atoms with E-state index >= 15 is 0 Å². The maximum absolute atomic E-state index is 12.2. The molecule has 0 saturated carbocycles. The van der Waals surface area contributed by atoms with E-state index < -0.39 is 0 Å². The molecular weight excluding hydrogens is 272 g/mol. The zero-order valence-corrected chi connectivity index (χ0v) is 11.9. The minimum atomic E-state index is -0.137. The Bertz CT molecular complexity index is 662. The van der Waals surface area contributed by atoms with Crippen molar-refractivity contribution in [1.82, 2.24) is 0 Å². The van der Waals surface area contributed by atoms with Gasteiger partial charge in [-0.15, -0.1) is 0 Å². The molecule has 0 spiro atoms. The van der Waals surface area contributed by atoms with Crippen LogP contribution >= 0.6 is 11.6 Å². The van der Waals surface area contributed by atoms with Gasteiger partial charge >= 0.3 is 0 Å². The lowest BCUT2D eigenvalue weighted by molar-refractivity contribution is 0.102. The summed E-state index contributed by atoms with van der Waals surface area (Å²) in [7, 11) is 0. The molecule has 0 fully saturated rings. The van der Waals surface area contributed by atoms with Crippen LogP contribution in [0.1, 0.15) is 21.5 Å². The topological polar surface area (TPSA) is 41.1 Å². The van der Waals surface area contributed by atoms with E-state index in [-0.39, 0.29) is 5.91 Å². The maximum atomic E-state index is 12.2. The Morgan fingerprint density at radius 3 is 2.90 bits per heavy atom. The molecule has 20 heavy (non-hydrogen) atoms. The van der Waals surface area contributed by atoms with Crippen LogP contribution < -0.4 is 10.6 Å². The van der Waals surface area contributed by atoms with Crippen molar-refractivity contribution in [2.45, 2.75) is 13.3 Å². The summed E-state index contributed by atoms with van der Waals surface area (Å²) in [5.41, 5.74) is 4.76. The van der Waals surface area contributed by atoms with E-state index in [0.29, 0.717) is 10.6 Å². The van der Waals surface area contributed by atoms with Crippen LogP contribution in [-0.2, 0) is 6.42 Å². The molecular formula is C16H15ClN2O. The van der Waals surface area contributed by atoms with Gasteiger partial charge in [0.15, 0.2) is 0 Å². The number of benzene rings is 2. The highest BCUT2D eigenvalue weighted by Crippen LogP contribution is 2.25. The molecule has 4 heteroatoms. The number of nitrogens with one attached hydrogen (secondary N) is 2. The molecule has 1 aliphatic heterocycles. The minimum absolute atomic E-state index is 0.137. The van der Waals surface area contributed by atoms with Crippen molar-refractivity contribution in [3.63, 3.8) is 0 Å². The summed E-state index contributed by atoms with van der Waals surface area (Å²) in [5.74, 6) is -0.137. The third kappa shape index (κ3) is 2.63. The first-order chi connectivity index (χ1) is 9.61. The molecule has 1 heterocycles. The summed E-state index contributed by atoms with van der Waals surface area (Å²) in [4.78, 5) is 12.2. The molecule has 0 atom stereocenters. The quantitative estimate of drug-likeness (QED) is 0.880. The third-order valence-electron chi connectivity index (χ3n) is 3.38. The highest BCUT2D eigenvalue weighted by molar-refractivity contribution is 6.31. The highest BCUT2D eigenvalue weighted by Gasteiger charge is 2.12. The van der Waals surface area contributed by atoms with Crippen molar-refractivity contribution in [3.05, 3.63) is 58.1 Å². The predicted octanol–water partition coefficient (Wildman–Crippen LogP) is 3.87. The summed E-state index contributed by atoms with van der Waals surface area (Å²) in [6.45, 7) is 2.88. The van der Waals surface area contributed by atoms with Crippen LogP contribution in [-0.4, -0.2) is 12.5 Å². The van der Waals surface area contributed by atoms with Crippen molar-refractivity contribution in [2.75, 3.05) is 17.2 Å². The fourth-order valence-corrected chi connectivity index (χ4v) is 2.74. The molecule has 0 aliphatic carbocycles. The average Bonchev–Trinajstić information content (AvgIpc) is 2.85. The van der Waals surface area contributed by atoms with Crippen LogP contribution in [0.3, 0.4) is 0 Å². The Morgan fingerprint density at radius 2 is 2.10 bits per heavy atom. The lowest BCUT2D eigenvalue weighted by Crippen LogP contribution is -2.12. The summed E-state index contributed by atoms with van der Waals surface area (Å²) >= 11 is 5.99. The Hall–Kier alpha value is -2.00. The van der Waals surface area contributed by atoms with E-state index in [9.17, 15) is 4.79 Å². The fraction of sp³-hybridized carbons (Fsp3) is 0.188. The van der Waals surface area contributed by atoms with Gasteiger partial charge in [0.05, 0.1) is 0 Å². The van der Waals surface area contributed by atoms with Crippen LogP contribution in [0.15, 0.2) is 36.4 Å². The maximum Gasteiger partial charge on any atom is 0.255 e. The number of amides is 1. The lowest BCUT2D eigenvalue weighted by atomic mass is 10.1. The van der Waals surface area contributed by atoms with E-state index in [1.807, 2.05) is 37.3 Å². The van der Waals surface area contributed by atoms with Crippen molar-refractivity contribution in [3.8, 4) is 0 Å². The van der Waals surface area contributed by atoms with Crippen LogP contribution in [0.5, 0.6) is 0 Å². The number of carbonyl (C=O) groups excluding carboxylic acids is 1. The van der Waals surface area contributed by atoms with Gasteiger partial charge in [-0.3, -0.25) is 4.79 Å². The second-order valence-corrected chi connectivity index (χ2v) is 5.46. The Balaban J connectivity index is 1.82. The van der Waals surface area contributed by atoms with Crippen molar-refractivity contribution in [1.29, 1.82) is 0 Å². The first-order valence-corrected chi connectivity index (χ1v) is 6.95. The predicted molar refractivity (Wildman–Crippen MR) is 82.8 cm³/mol. The number of anilines is 2. The molecule has 0 radical (unpaired) electrons.